The Balaban J connectivity index is 2.09. The molecule has 1 atom stereocenters. The molecule has 0 bridgehead atoms. The fourth-order valence-electron chi connectivity index (χ4n) is 2.00. The van der Waals surface area contributed by atoms with E-state index in [1.807, 2.05) is 0 Å². The predicted molar refractivity (Wildman–Crippen MR) is 76.0 cm³/mol. The summed E-state index contributed by atoms with van der Waals surface area (Å²) in [6.45, 7) is 1.77. The Labute approximate surface area is 115 Å². The van der Waals surface area contributed by atoms with E-state index in [4.69, 9.17) is 5.11 Å². The SMILES string of the molecule is Cc1cccc(C(=O)O)c1NC(=O)NC1CCSC1. The van der Waals surface area contributed by atoms with Crippen LogP contribution in [0.15, 0.2) is 18.2 Å². The maximum Gasteiger partial charge on any atom is 0.337 e. The minimum absolute atomic E-state index is 0.107. The molecule has 102 valence electrons. The van der Waals surface area contributed by atoms with Gasteiger partial charge in [-0.1, -0.05) is 12.1 Å². The highest BCUT2D eigenvalue weighted by Crippen LogP contribution is 2.21. The van der Waals surface area contributed by atoms with Gasteiger partial charge in [0.2, 0.25) is 0 Å². The Bertz CT molecular complexity index is 499. The number of para-hydroxylation sites is 1. The maximum absolute atomic E-state index is 11.9. The molecule has 1 unspecified atom stereocenters. The average molecular weight is 280 g/mol. The molecule has 3 N–H and O–H groups in total. The number of benzene rings is 1. The number of hydrogen-bond donors (Lipinski definition) is 3. The number of rotatable bonds is 3. The van der Waals surface area contributed by atoms with Crippen LogP contribution in [-0.4, -0.2) is 34.7 Å². The van der Waals surface area contributed by atoms with Crippen molar-refractivity contribution in [2.75, 3.05) is 16.8 Å². The van der Waals surface area contributed by atoms with E-state index < -0.39 is 5.97 Å². The van der Waals surface area contributed by atoms with Crippen molar-refractivity contribution in [2.24, 2.45) is 0 Å². The maximum atomic E-state index is 11.9. The molecular formula is C13H16N2O3S. The third kappa shape index (κ3) is 3.41. The molecule has 0 saturated carbocycles. The van der Waals surface area contributed by atoms with E-state index in [-0.39, 0.29) is 17.6 Å². The number of thioether (sulfide) groups is 1. The smallest absolute Gasteiger partial charge is 0.337 e. The highest BCUT2D eigenvalue weighted by atomic mass is 32.2. The van der Waals surface area contributed by atoms with Gasteiger partial charge in [-0.15, -0.1) is 0 Å². The molecule has 0 aromatic heterocycles. The average Bonchev–Trinajstić information content (AvgIpc) is 2.84. The molecule has 0 radical (unpaired) electrons. The summed E-state index contributed by atoms with van der Waals surface area (Å²) in [5.41, 5.74) is 1.20. The second kappa shape index (κ2) is 5.97. The van der Waals surface area contributed by atoms with Crippen LogP contribution in [0.2, 0.25) is 0 Å². The number of aryl methyl sites for hydroxylation is 1. The lowest BCUT2D eigenvalue weighted by molar-refractivity contribution is 0.0698. The minimum atomic E-state index is -1.05. The molecule has 1 saturated heterocycles. The van der Waals surface area contributed by atoms with Gasteiger partial charge in [-0.3, -0.25) is 0 Å². The Morgan fingerprint density at radius 1 is 1.42 bits per heavy atom. The van der Waals surface area contributed by atoms with Crippen molar-refractivity contribution in [1.29, 1.82) is 0 Å². The molecular weight excluding hydrogens is 264 g/mol. The number of nitrogens with one attached hydrogen (secondary N) is 2. The van der Waals surface area contributed by atoms with Gasteiger partial charge in [-0.25, -0.2) is 9.59 Å². The van der Waals surface area contributed by atoms with E-state index >= 15 is 0 Å². The first-order valence-electron chi connectivity index (χ1n) is 6.06. The van der Waals surface area contributed by atoms with Crippen LogP contribution in [0.5, 0.6) is 0 Å². The zero-order valence-corrected chi connectivity index (χ0v) is 11.4. The molecule has 6 heteroatoms. The molecule has 2 rings (SSSR count). The van der Waals surface area contributed by atoms with E-state index in [1.54, 1.807) is 30.8 Å². The first kappa shape index (κ1) is 13.7. The van der Waals surface area contributed by atoms with Crippen molar-refractivity contribution in [2.45, 2.75) is 19.4 Å². The Morgan fingerprint density at radius 3 is 2.84 bits per heavy atom. The lowest BCUT2D eigenvalue weighted by Crippen LogP contribution is -2.38. The van der Waals surface area contributed by atoms with Gasteiger partial charge in [0.15, 0.2) is 0 Å². The van der Waals surface area contributed by atoms with E-state index in [9.17, 15) is 9.59 Å². The summed E-state index contributed by atoms with van der Waals surface area (Å²) >= 11 is 1.81. The van der Waals surface area contributed by atoms with E-state index in [0.717, 1.165) is 23.5 Å². The summed E-state index contributed by atoms with van der Waals surface area (Å²) in [6.07, 6.45) is 0.956. The summed E-state index contributed by atoms with van der Waals surface area (Å²) in [5.74, 6) is 0.915. The lowest BCUT2D eigenvalue weighted by atomic mass is 10.1. The van der Waals surface area contributed by atoms with Gasteiger partial charge in [0, 0.05) is 11.8 Å². The van der Waals surface area contributed by atoms with Gasteiger partial charge in [-0.2, -0.15) is 11.8 Å². The Morgan fingerprint density at radius 2 is 2.21 bits per heavy atom. The van der Waals surface area contributed by atoms with Gasteiger partial charge < -0.3 is 15.7 Å². The van der Waals surface area contributed by atoms with Gasteiger partial charge in [0.05, 0.1) is 11.3 Å². The predicted octanol–water partition coefficient (Wildman–Crippen LogP) is 2.32. The van der Waals surface area contributed by atoms with Gasteiger partial charge in [-0.05, 0) is 30.7 Å². The number of anilines is 1. The van der Waals surface area contributed by atoms with Crippen LogP contribution >= 0.6 is 11.8 Å². The van der Waals surface area contributed by atoms with Gasteiger partial charge in [0.1, 0.15) is 0 Å². The fraction of sp³-hybridized carbons (Fsp3) is 0.385. The Hall–Kier alpha value is -1.69. The second-order valence-electron chi connectivity index (χ2n) is 4.46. The highest BCUT2D eigenvalue weighted by Gasteiger charge is 2.19. The largest absolute Gasteiger partial charge is 0.478 e. The molecule has 1 aliphatic rings. The van der Waals surface area contributed by atoms with Gasteiger partial charge in [0.25, 0.3) is 0 Å². The van der Waals surface area contributed by atoms with E-state index in [0.29, 0.717) is 5.69 Å². The van der Waals surface area contributed by atoms with Crippen molar-refractivity contribution in [3.05, 3.63) is 29.3 Å². The third-order valence-corrected chi connectivity index (χ3v) is 4.17. The molecule has 1 aromatic carbocycles. The summed E-state index contributed by atoms with van der Waals surface area (Å²) in [7, 11) is 0. The molecule has 0 spiro atoms. The minimum Gasteiger partial charge on any atom is -0.478 e. The standard InChI is InChI=1S/C13H16N2O3S/c1-8-3-2-4-10(12(16)17)11(8)15-13(18)14-9-5-6-19-7-9/h2-4,9H,5-7H2,1H3,(H,16,17)(H2,14,15,18). The monoisotopic (exact) mass is 280 g/mol. The number of carbonyl (C=O) groups excluding carboxylic acids is 1. The Kier molecular flexibility index (Phi) is 4.31. The number of urea groups is 1. The van der Waals surface area contributed by atoms with Crippen LogP contribution in [0.4, 0.5) is 10.5 Å². The van der Waals surface area contributed by atoms with Crippen molar-refractivity contribution < 1.29 is 14.7 Å². The number of carbonyl (C=O) groups is 2. The van der Waals surface area contributed by atoms with Crippen molar-refractivity contribution in [1.82, 2.24) is 5.32 Å². The topological polar surface area (TPSA) is 78.4 Å². The number of carboxylic acid groups (broad SMARTS) is 1. The quantitative estimate of drug-likeness (QED) is 0.794. The normalized spacial score (nSPS) is 18.1. The van der Waals surface area contributed by atoms with E-state index in [2.05, 4.69) is 10.6 Å². The zero-order valence-electron chi connectivity index (χ0n) is 10.6. The molecule has 1 fully saturated rings. The van der Waals surface area contributed by atoms with Crippen molar-refractivity contribution in [3.63, 3.8) is 0 Å². The van der Waals surface area contributed by atoms with E-state index in [1.165, 1.54) is 6.07 Å². The summed E-state index contributed by atoms with van der Waals surface area (Å²) in [5, 5.41) is 14.6. The van der Waals surface area contributed by atoms with Crippen molar-refractivity contribution >= 4 is 29.4 Å². The van der Waals surface area contributed by atoms with Crippen LogP contribution in [0.1, 0.15) is 22.3 Å². The summed E-state index contributed by atoms with van der Waals surface area (Å²) in [4.78, 5) is 23.0. The lowest BCUT2D eigenvalue weighted by Gasteiger charge is -2.15. The molecule has 1 aliphatic heterocycles. The van der Waals surface area contributed by atoms with Crippen molar-refractivity contribution in [3.8, 4) is 0 Å². The number of hydrogen-bond acceptors (Lipinski definition) is 3. The molecule has 0 aliphatic carbocycles. The summed E-state index contributed by atoms with van der Waals surface area (Å²) < 4.78 is 0. The summed E-state index contributed by atoms with van der Waals surface area (Å²) in [6, 6.07) is 4.74. The number of carboxylic acids is 1. The molecule has 2 amide bonds. The zero-order chi connectivity index (χ0) is 13.8. The van der Waals surface area contributed by atoms with Crippen LogP contribution in [0.3, 0.4) is 0 Å². The van der Waals surface area contributed by atoms with Crippen LogP contribution < -0.4 is 10.6 Å². The highest BCUT2D eigenvalue weighted by molar-refractivity contribution is 7.99. The molecule has 5 nitrogen and oxygen atoms in total. The third-order valence-electron chi connectivity index (χ3n) is 3.01. The van der Waals surface area contributed by atoms with Crippen LogP contribution in [0, 0.1) is 6.92 Å². The van der Waals surface area contributed by atoms with Crippen LogP contribution in [0.25, 0.3) is 0 Å². The second-order valence-corrected chi connectivity index (χ2v) is 5.61. The van der Waals surface area contributed by atoms with Crippen LogP contribution in [-0.2, 0) is 0 Å². The number of amides is 2. The first-order valence-corrected chi connectivity index (χ1v) is 7.21. The first-order chi connectivity index (χ1) is 9.08. The van der Waals surface area contributed by atoms with Gasteiger partial charge >= 0.3 is 12.0 Å². The fourth-order valence-corrected chi connectivity index (χ4v) is 3.15. The molecule has 1 aromatic rings. The number of aromatic carboxylic acids is 1. The molecule has 1 heterocycles. The molecule has 19 heavy (non-hydrogen) atoms.